The standard InChI is InChI=1S/C20H26BrClN2O5/c1-10-5-16(18(25)26)28-15-6-12(21)13(22)7-14(15)23-8-11-9-24(17(10)11)19(27)29-20(2,3)4/h6-7,10-11,16-17,23H,5,8-9H2,1-4H3,(H,25,26). The lowest BCUT2D eigenvalue weighted by molar-refractivity contribution is -0.146. The fourth-order valence-electron chi connectivity index (χ4n) is 3.91. The number of carbonyl (C=O) groups is 2. The van der Waals surface area contributed by atoms with Crippen molar-refractivity contribution in [3.8, 4) is 5.75 Å². The van der Waals surface area contributed by atoms with Crippen LogP contribution >= 0.6 is 27.5 Å². The fraction of sp³-hybridized carbons (Fsp3) is 0.600. The normalized spacial score (nSPS) is 26.8. The van der Waals surface area contributed by atoms with Crippen molar-refractivity contribution in [3.63, 3.8) is 0 Å². The van der Waals surface area contributed by atoms with Crippen LogP contribution in [0.15, 0.2) is 16.6 Å². The van der Waals surface area contributed by atoms with Crippen LogP contribution in [-0.2, 0) is 9.53 Å². The summed E-state index contributed by atoms with van der Waals surface area (Å²) < 4.78 is 12.0. The number of rotatable bonds is 1. The average Bonchev–Trinajstić information content (AvgIpc) is 2.54. The highest BCUT2D eigenvalue weighted by molar-refractivity contribution is 9.10. The lowest BCUT2D eigenvalue weighted by atomic mass is 9.78. The third-order valence-corrected chi connectivity index (χ3v) is 6.39. The van der Waals surface area contributed by atoms with Crippen molar-refractivity contribution in [1.82, 2.24) is 4.90 Å². The number of hydrogen-bond donors (Lipinski definition) is 2. The summed E-state index contributed by atoms with van der Waals surface area (Å²) in [6.07, 6.45) is -1.14. The molecular weight excluding hydrogens is 464 g/mol. The van der Waals surface area contributed by atoms with Crippen LogP contribution in [0.25, 0.3) is 0 Å². The number of ether oxygens (including phenoxy) is 2. The first kappa shape index (κ1) is 22.0. The lowest BCUT2D eigenvalue weighted by Gasteiger charge is -2.51. The Balaban J connectivity index is 1.87. The molecule has 2 N–H and O–H groups in total. The number of hydrogen-bond acceptors (Lipinski definition) is 5. The molecule has 9 heteroatoms. The number of likely N-dealkylation sites (tertiary alicyclic amines) is 1. The summed E-state index contributed by atoms with van der Waals surface area (Å²) in [6.45, 7) is 8.60. The molecule has 1 saturated heterocycles. The summed E-state index contributed by atoms with van der Waals surface area (Å²) in [6, 6.07) is 3.26. The molecule has 4 unspecified atom stereocenters. The Morgan fingerprint density at radius 1 is 1.38 bits per heavy atom. The van der Waals surface area contributed by atoms with E-state index >= 15 is 0 Å². The molecule has 0 bridgehead atoms. The molecular formula is C20H26BrClN2O5. The number of fused-ring (bicyclic) bond motifs is 2. The topological polar surface area (TPSA) is 88.1 Å². The Morgan fingerprint density at radius 2 is 2.07 bits per heavy atom. The van der Waals surface area contributed by atoms with Crippen LogP contribution in [0.3, 0.4) is 0 Å². The molecule has 1 aromatic carbocycles. The van der Waals surface area contributed by atoms with Crippen LogP contribution in [0.5, 0.6) is 5.75 Å². The molecule has 0 spiro atoms. The van der Waals surface area contributed by atoms with Crippen LogP contribution in [0.1, 0.15) is 34.1 Å². The molecule has 29 heavy (non-hydrogen) atoms. The number of nitrogens with one attached hydrogen (secondary N) is 1. The monoisotopic (exact) mass is 488 g/mol. The minimum atomic E-state index is -1.05. The highest BCUT2D eigenvalue weighted by Crippen LogP contribution is 2.40. The van der Waals surface area contributed by atoms with E-state index in [1.165, 1.54) is 0 Å². The first-order valence-corrected chi connectivity index (χ1v) is 10.8. The molecule has 160 valence electrons. The van der Waals surface area contributed by atoms with Crippen molar-refractivity contribution in [2.75, 3.05) is 18.4 Å². The van der Waals surface area contributed by atoms with Gasteiger partial charge in [0.25, 0.3) is 0 Å². The largest absolute Gasteiger partial charge is 0.479 e. The van der Waals surface area contributed by atoms with Crippen LogP contribution < -0.4 is 10.1 Å². The number of benzene rings is 1. The van der Waals surface area contributed by atoms with Crippen molar-refractivity contribution in [2.45, 2.75) is 51.9 Å². The Morgan fingerprint density at radius 3 is 2.69 bits per heavy atom. The molecule has 1 amide bonds. The number of aliphatic carboxylic acids is 1. The summed E-state index contributed by atoms with van der Waals surface area (Å²) in [4.78, 5) is 26.1. The van der Waals surface area contributed by atoms with Gasteiger partial charge in [0.1, 0.15) is 11.4 Å². The predicted octanol–water partition coefficient (Wildman–Crippen LogP) is 4.62. The molecule has 2 aliphatic heterocycles. The van der Waals surface area contributed by atoms with Gasteiger partial charge in [-0.25, -0.2) is 9.59 Å². The van der Waals surface area contributed by atoms with Gasteiger partial charge in [0, 0.05) is 29.5 Å². The summed E-state index contributed by atoms with van der Waals surface area (Å²) >= 11 is 9.57. The molecule has 2 aliphatic rings. The molecule has 0 aromatic heterocycles. The van der Waals surface area contributed by atoms with Gasteiger partial charge in [-0.1, -0.05) is 18.5 Å². The number of carboxylic acids is 1. The second-order valence-electron chi connectivity index (χ2n) is 8.68. The van der Waals surface area contributed by atoms with Gasteiger partial charge in [0.2, 0.25) is 0 Å². The van der Waals surface area contributed by atoms with Gasteiger partial charge in [0.05, 0.1) is 10.7 Å². The van der Waals surface area contributed by atoms with Crippen LogP contribution in [-0.4, -0.2) is 52.9 Å². The Bertz CT molecular complexity index is 813. The fourth-order valence-corrected chi connectivity index (χ4v) is 4.39. The second-order valence-corrected chi connectivity index (χ2v) is 9.95. The van der Waals surface area contributed by atoms with E-state index in [0.717, 1.165) is 0 Å². The van der Waals surface area contributed by atoms with E-state index < -0.39 is 17.7 Å². The zero-order chi connectivity index (χ0) is 21.5. The van der Waals surface area contributed by atoms with Crippen molar-refractivity contribution in [1.29, 1.82) is 0 Å². The predicted molar refractivity (Wildman–Crippen MR) is 114 cm³/mol. The maximum atomic E-state index is 12.6. The quantitative estimate of drug-likeness (QED) is 0.598. The third-order valence-electron chi connectivity index (χ3n) is 5.19. The summed E-state index contributed by atoms with van der Waals surface area (Å²) in [5, 5.41) is 13.5. The van der Waals surface area contributed by atoms with Crippen molar-refractivity contribution in [2.24, 2.45) is 11.8 Å². The molecule has 2 heterocycles. The number of carbonyl (C=O) groups excluding carboxylic acids is 1. The minimum Gasteiger partial charge on any atom is -0.479 e. The van der Waals surface area contributed by atoms with E-state index in [9.17, 15) is 14.7 Å². The number of nitrogens with zero attached hydrogens (tertiary/aromatic N) is 1. The highest BCUT2D eigenvalue weighted by atomic mass is 79.9. The number of carboxylic acid groups (broad SMARTS) is 1. The number of halogens is 2. The van der Waals surface area contributed by atoms with Crippen LogP contribution in [0, 0.1) is 11.8 Å². The van der Waals surface area contributed by atoms with Gasteiger partial charge in [0.15, 0.2) is 6.10 Å². The van der Waals surface area contributed by atoms with Gasteiger partial charge in [-0.3, -0.25) is 0 Å². The van der Waals surface area contributed by atoms with E-state index in [1.807, 2.05) is 27.7 Å². The van der Waals surface area contributed by atoms with Crippen molar-refractivity contribution in [3.05, 3.63) is 21.6 Å². The minimum absolute atomic E-state index is 0.0820. The van der Waals surface area contributed by atoms with Gasteiger partial charge in [-0.05, 0) is 61.2 Å². The molecule has 1 fully saturated rings. The van der Waals surface area contributed by atoms with E-state index in [2.05, 4.69) is 21.2 Å². The Kier molecular flexibility index (Phi) is 6.24. The van der Waals surface area contributed by atoms with Gasteiger partial charge >= 0.3 is 12.1 Å². The van der Waals surface area contributed by atoms with Gasteiger partial charge in [-0.15, -0.1) is 0 Å². The zero-order valence-corrected chi connectivity index (χ0v) is 19.2. The van der Waals surface area contributed by atoms with E-state index in [0.29, 0.717) is 34.0 Å². The van der Waals surface area contributed by atoms with Gasteiger partial charge < -0.3 is 24.8 Å². The smallest absolute Gasteiger partial charge is 0.410 e. The number of anilines is 1. The third kappa shape index (κ3) is 4.91. The molecule has 3 rings (SSSR count). The maximum Gasteiger partial charge on any atom is 0.410 e. The molecule has 1 aromatic rings. The molecule has 0 aliphatic carbocycles. The molecule has 4 atom stereocenters. The van der Waals surface area contributed by atoms with E-state index in [1.54, 1.807) is 17.0 Å². The summed E-state index contributed by atoms with van der Waals surface area (Å²) in [7, 11) is 0. The van der Waals surface area contributed by atoms with E-state index in [4.69, 9.17) is 21.1 Å². The van der Waals surface area contributed by atoms with Crippen molar-refractivity contribution >= 4 is 45.3 Å². The Hall–Kier alpha value is -1.67. The first-order valence-electron chi connectivity index (χ1n) is 9.58. The molecule has 7 nitrogen and oxygen atoms in total. The highest BCUT2D eigenvalue weighted by Gasteiger charge is 2.47. The average molecular weight is 490 g/mol. The number of amides is 1. The summed E-state index contributed by atoms with van der Waals surface area (Å²) in [5.74, 6) is -0.529. The molecule has 0 radical (unpaired) electrons. The second kappa shape index (κ2) is 8.22. The SMILES string of the molecule is CC1CC(C(=O)O)Oc2cc(Br)c(Cl)cc2NCC2CN(C(=O)OC(C)(C)C)C12. The maximum absolute atomic E-state index is 12.6. The summed E-state index contributed by atoms with van der Waals surface area (Å²) in [5.41, 5.74) is 0.0450. The first-order chi connectivity index (χ1) is 13.5. The van der Waals surface area contributed by atoms with E-state index in [-0.39, 0.29) is 30.4 Å². The lowest BCUT2D eigenvalue weighted by Crippen LogP contribution is -2.64. The van der Waals surface area contributed by atoms with Crippen LogP contribution in [0.4, 0.5) is 10.5 Å². The van der Waals surface area contributed by atoms with Crippen LogP contribution in [0.2, 0.25) is 5.02 Å². The van der Waals surface area contributed by atoms with Crippen molar-refractivity contribution < 1.29 is 24.2 Å². The van der Waals surface area contributed by atoms with Gasteiger partial charge in [-0.2, -0.15) is 0 Å². The zero-order valence-electron chi connectivity index (χ0n) is 16.9. The molecule has 0 saturated carbocycles. The Labute approximate surface area is 183 Å².